The molecule has 0 aliphatic carbocycles. The second-order valence-corrected chi connectivity index (χ2v) is 6.04. The molecule has 0 unspecified atom stereocenters. The van der Waals surface area contributed by atoms with Crippen molar-refractivity contribution in [3.8, 4) is 5.75 Å². The number of nitrogen functional groups attached to an aromatic ring is 1. The van der Waals surface area contributed by atoms with Crippen LogP contribution in [0, 0.1) is 0 Å². The maximum Gasteiger partial charge on any atom is 0.338 e. The fourth-order valence-electron chi connectivity index (χ4n) is 1.64. The lowest BCUT2D eigenvalue weighted by atomic mass is 10.2. The van der Waals surface area contributed by atoms with Crippen LogP contribution in [0.4, 0.5) is 5.69 Å². The Kier molecular flexibility index (Phi) is 5.64. The number of ether oxygens (including phenoxy) is 2. The van der Waals surface area contributed by atoms with Crippen molar-refractivity contribution in [2.45, 2.75) is 0 Å². The largest absolute Gasteiger partial charge is 0.490 e. The molecule has 0 saturated heterocycles. The van der Waals surface area contributed by atoms with Gasteiger partial charge in [-0.3, -0.25) is 0 Å². The van der Waals surface area contributed by atoms with Gasteiger partial charge in [0, 0.05) is 14.6 Å². The standard InChI is InChI=1S/C15H13Br2NO3/c16-11-1-3-14(4-2-11)20-5-6-21-15(19)10-7-12(17)9-13(18)8-10/h1-4,7-9H,5-6,18H2. The smallest absolute Gasteiger partial charge is 0.338 e. The fraction of sp³-hybridized carbons (Fsp3) is 0.133. The molecule has 0 bridgehead atoms. The molecule has 6 heteroatoms. The molecule has 0 aliphatic heterocycles. The summed E-state index contributed by atoms with van der Waals surface area (Å²) in [6.07, 6.45) is 0. The van der Waals surface area contributed by atoms with Crippen molar-refractivity contribution in [1.29, 1.82) is 0 Å². The van der Waals surface area contributed by atoms with Gasteiger partial charge in [0.05, 0.1) is 5.56 Å². The van der Waals surface area contributed by atoms with Crippen LogP contribution >= 0.6 is 31.9 Å². The minimum Gasteiger partial charge on any atom is -0.490 e. The maximum absolute atomic E-state index is 11.8. The highest BCUT2D eigenvalue weighted by Crippen LogP contribution is 2.18. The van der Waals surface area contributed by atoms with E-state index in [-0.39, 0.29) is 13.2 Å². The first-order chi connectivity index (χ1) is 10.0. The topological polar surface area (TPSA) is 61.6 Å². The van der Waals surface area contributed by atoms with Gasteiger partial charge in [-0.15, -0.1) is 0 Å². The Morgan fingerprint density at radius 1 is 1.00 bits per heavy atom. The summed E-state index contributed by atoms with van der Waals surface area (Å²) in [6, 6.07) is 12.4. The number of carbonyl (C=O) groups excluding carboxylic acids is 1. The molecule has 0 spiro atoms. The molecule has 0 radical (unpaired) electrons. The van der Waals surface area contributed by atoms with Gasteiger partial charge in [0.15, 0.2) is 0 Å². The molecular weight excluding hydrogens is 402 g/mol. The summed E-state index contributed by atoms with van der Waals surface area (Å²) in [5, 5.41) is 0. The minimum atomic E-state index is -0.428. The van der Waals surface area contributed by atoms with E-state index in [2.05, 4.69) is 31.9 Å². The molecule has 110 valence electrons. The van der Waals surface area contributed by atoms with E-state index in [1.807, 2.05) is 24.3 Å². The van der Waals surface area contributed by atoms with Crippen LogP contribution in [0.5, 0.6) is 5.75 Å². The molecule has 2 N–H and O–H groups in total. The predicted molar refractivity (Wildman–Crippen MR) is 88.5 cm³/mol. The highest BCUT2D eigenvalue weighted by Gasteiger charge is 2.08. The Hall–Kier alpha value is -1.53. The number of carbonyl (C=O) groups is 1. The Morgan fingerprint density at radius 3 is 2.38 bits per heavy atom. The van der Waals surface area contributed by atoms with Crippen LogP contribution in [0.1, 0.15) is 10.4 Å². The Morgan fingerprint density at radius 2 is 1.71 bits per heavy atom. The SMILES string of the molecule is Nc1cc(Br)cc(C(=O)OCCOc2ccc(Br)cc2)c1. The van der Waals surface area contributed by atoms with Gasteiger partial charge in [0.1, 0.15) is 19.0 Å². The number of rotatable bonds is 5. The molecule has 0 amide bonds. The van der Waals surface area contributed by atoms with Crippen LogP contribution in [-0.4, -0.2) is 19.2 Å². The van der Waals surface area contributed by atoms with Crippen LogP contribution in [0.2, 0.25) is 0 Å². The molecule has 2 aromatic rings. The third-order valence-corrected chi connectivity index (χ3v) is 3.54. The second-order valence-electron chi connectivity index (χ2n) is 4.21. The number of anilines is 1. The molecule has 0 saturated carbocycles. The van der Waals surface area contributed by atoms with Crippen LogP contribution in [-0.2, 0) is 4.74 Å². The molecule has 2 aromatic carbocycles. The molecule has 0 atom stereocenters. The summed E-state index contributed by atoms with van der Waals surface area (Å²) < 4.78 is 12.3. The van der Waals surface area contributed by atoms with Gasteiger partial charge in [-0.25, -0.2) is 4.79 Å². The summed E-state index contributed by atoms with van der Waals surface area (Å²) in [6.45, 7) is 0.457. The Balaban J connectivity index is 1.80. The molecular formula is C15H13Br2NO3. The van der Waals surface area contributed by atoms with E-state index in [4.69, 9.17) is 15.2 Å². The van der Waals surface area contributed by atoms with Crippen molar-refractivity contribution in [1.82, 2.24) is 0 Å². The van der Waals surface area contributed by atoms with E-state index in [1.165, 1.54) is 0 Å². The van der Waals surface area contributed by atoms with Crippen molar-refractivity contribution in [3.63, 3.8) is 0 Å². The quantitative estimate of drug-likeness (QED) is 0.455. The Labute approximate surface area is 139 Å². The number of halogens is 2. The third kappa shape index (κ3) is 5.06. The zero-order chi connectivity index (χ0) is 15.2. The van der Waals surface area contributed by atoms with E-state index in [0.29, 0.717) is 11.3 Å². The highest BCUT2D eigenvalue weighted by molar-refractivity contribution is 9.10. The van der Waals surface area contributed by atoms with Crippen molar-refractivity contribution in [2.75, 3.05) is 18.9 Å². The van der Waals surface area contributed by atoms with Crippen molar-refractivity contribution < 1.29 is 14.3 Å². The molecule has 2 rings (SSSR count). The molecule has 0 heterocycles. The summed E-state index contributed by atoms with van der Waals surface area (Å²) >= 11 is 6.63. The normalized spacial score (nSPS) is 10.2. The van der Waals surface area contributed by atoms with Crippen LogP contribution in [0.15, 0.2) is 51.4 Å². The average molecular weight is 415 g/mol. The summed E-state index contributed by atoms with van der Waals surface area (Å²) in [7, 11) is 0. The van der Waals surface area contributed by atoms with Gasteiger partial charge in [-0.2, -0.15) is 0 Å². The number of hydrogen-bond acceptors (Lipinski definition) is 4. The monoisotopic (exact) mass is 413 g/mol. The average Bonchev–Trinajstić information content (AvgIpc) is 2.44. The summed E-state index contributed by atoms with van der Waals surface area (Å²) in [5.41, 5.74) is 6.58. The zero-order valence-electron chi connectivity index (χ0n) is 11.0. The lowest BCUT2D eigenvalue weighted by Gasteiger charge is -2.08. The van der Waals surface area contributed by atoms with E-state index >= 15 is 0 Å². The third-order valence-electron chi connectivity index (χ3n) is 2.55. The first-order valence-electron chi connectivity index (χ1n) is 6.16. The number of hydrogen-bond donors (Lipinski definition) is 1. The maximum atomic E-state index is 11.8. The van der Waals surface area contributed by atoms with Gasteiger partial charge in [0.2, 0.25) is 0 Å². The van der Waals surface area contributed by atoms with Crippen molar-refractivity contribution in [3.05, 3.63) is 57.0 Å². The summed E-state index contributed by atoms with van der Waals surface area (Å²) in [4.78, 5) is 11.8. The lowest BCUT2D eigenvalue weighted by molar-refractivity contribution is 0.0450. The zero-order valence-corrected chi connectivity index (χ0v) is 14.2. The molecule has 0 fully saturated rings. The molecule has 21 heavy (non-hydrogen) atoms. The van der Waals surface area contributed by atoms with Gasteiger partial charge in [-0.1, -0.05) is 31.9 Å². The van der Waals surface area contributed by atoms with Gasteiger partial charge >= 0.3 is 5.97 Å². The predicted octanol–water partition coefficient (Wildman–Crippen LogP) is 4.03. The summed E-state index contributed by atoms with van der Waals surface area (Å²) in [5.74, 6) is 0.295. The highest BCUT2D eigenvalue weighted by atomic mass is 79.9. The molecule has 0 aliphatic rings. The van der Waals surface area contributed by atoms with E-state index < -0.39 is 5.97 Å². The molecule has 0 aromatic heterocycles. The first kappa shape index (κ1) is 15.9. The van der Waals surface area contributed by atoms with Gasteiger partial charge in [-0.05, 0) is 42.5 Å². The minimum absolute atomic E-state index is 0.168. The van der Waals surface area contributed by atoms with E-state index in [1.54, 1.807) is 18.2 Å². The molecule has 4 nitrogen and oxygen atoms in total. The first-order valence-corrected chi connectivity index (χ1v) is 7.75. The number of benzene rings is 2. The fourth-order valence-corrected chi connectivity index (χ4v) is 2.41. The van der Waals surface area contributed by atoms with E-state index in [9.17, 15) is 4.79 Å². The Bertz CT molecular complexity index is 609. The number of nitrogens with two attached hydrogens (primary N) is 1. The van der Waals surface area contributed by atoms with Crippen molar-refractivity contribution in [2.24, 2.45) is 0 Å². The number of esters is 1. The van der Waals surface area contributed by atoms with Gasteiger partial charge in [0.25, 0.3) is 0 Å². The van der Waals surface area contributed by atoms with Gasteiger partial charge < -0.3 is 15.2 Å². The van der Waals surface area contributed by atoms with Crippen LogP contribution in [0.25, 0.3) is 0 Å². The van der Waals surface area contributed by atoms with E-state index in [0.717, 1.165) is 14.7 Å². The van der Waals surface area contributed by atoms with Crippen LogP contribution in [0.3, 0.4) is 0 Å². The lowest BCUT2D eigenvalue weighted by Crippen LogP contribution is -2.12. The van der Waals surface area contributed by atoms with Crippen LogP contribution < -0.4 is 10.5 Å². The second kappa shape index (κ2) is 7.47. The van der Waals surface area contributed by atoms with Crippen molar-refractivity contribution >= 4 is 43.5 Å².